The standard InChI is InChI=1S/C9H13ClN2O/c1-6-8(4-5-10)9(13)12(3)7(2)11-6/h4-5H2,1-3H3. The first kappa shape index (κ1) is 10.3. The molecular formula is C9H13ClN2O. The summed E-state index contributed by atoms with van der Waals surface area (Å²) in [6, 6.07) is 0. The molecule has 0 amide bonds. The molecule has 13 heavy (non-hydrogen) atoms. The number of aromatic nitrogens is 2. The lowest BCUT2D eigenvalue weighted by Crippen LogP contribution is -2.26. The monoisotopic (exact) mass is 200 g/mol. The van der Waals surface area contributed by atoms with Crippen molar-refractivity contribution in [3.8, 4) is 0 Å². The van der Waals surface area contributed by atoms with E-state index in [4.69, 9.17) is 11.6 Å². The lowest BCUT2D eigenvalue weighted by Gasteiger charge is -2.07. The molecule has 0 aliphatic rings. The number of nitrogens with zero attached hydrogens (tertiary/aromatic N) is 2. The normalized spacial score (nSPS) is 10.5. The molecular weight excluding hydrogens is 188 g/mol. The van der Waals surface area contributed by atoms with Gasteiger partial charge in [0.15, 0.2) is 0 Å². The zero-order valence-corrected chi connectivity index (χ0v) is 8.85. The van der Waals surface area contributed by atoms with Gasteiger partial charge in [0.25, 0.3) is 5.56 Å². The zero-order chi connectivity index (χ0) is 10.0. The van der Waals surface area contributed by atoms with E-state index in [9.17, 15) is 4.79 Å². The maximum absolute atomic E-state index is 11.7. The second-order valence-electron chi connectivity index (χ2n) is 3.03. The first-order valence-electron chi connectivity index (χ1n) is 4.17. The molecule has 0 aromatic carbocycles. The van der Waals surface area contributed by atoms with Crippen molar-refractivity contribution in [3.63, 3.8) is 0 Å². The van der Waals surface area contributed by atoms with Crippen molar-refractivity contribution in [1.82, 2.24) is 9.55 Å². The van der Waals surface area contributed by atoms with Crippen LogP contribution in [0.3, 0.4) is 0 Å². The van der Waals surface area contributed by atoms with Crippen LogP contribution in [-0.4, -0.2) is 15.4 Å². The van der Waals surface area contributed by atoms with Crippen LogP contribution in [0.5, 0.6) is 0 Å². The Kier molecular flexibility index (Phi) is 3.09. The summed E-state index contributed by atoms with van der Waals surface area (Å²) in [5, 5.41) is 0. The highest BCUT2D eigenvalue weighted by Gasteiger charge is 2.08. The molecule has 1 aromatic heterocycles. The van der Waals surface area contributed by atoms with E-state index < -0.39 is 0 Å². The van der Waals surface area contributed by atoms with Crippen molar-refractivity contribution in [1.29, 1.82) is 0 Å². The summed E-state index contributed by atoms with van der Waals surface area (Å²) in [5.41, 5.74) is 1.54. The molecule has 0 fully saturated rings. The Morgan fingerprint density at radius 1 is 1.46 bits per heavy atom. The van der Waals surface area contributed by atoms with Crippen LogP contribution in [0.15, 0.2) is 4.79 Å². The van der Waals surface area contributed by atoms with Gasteiger partial charge in [0, 0.05) is 24.2 Å². The van der Waals surface area contributed by atoms with Crippen LogP contribution in [-0.2, 0) is 13.5 Å². The molecule has 72 valence electrons. The molecule has 0 aliphatic heterocycles. The molecule has 1 heterocycles. The third kappa shape index (κ3) is 1.91. The Morgan fingerprint density at radius 2 is 2.08 bits per heavy atom. The van der Waals surface area contributed by atoms with Gasteiger partial charge in [0.05, 0.1) is 0 Å². The molecule has 0 spiro atoms. The number of alkyl halides is 1. The van der Waals surface area contributed by atoms with E-state index in [1.54, 1.807) is 11.6 Å². The van der Waals surface area contributed by atoms with E-state index in [1.165, 1.54) is 0 Å². The molecule has 0 unspecified atom stereocenters. The Bertz CT molecular complexity index is 371. The summed E-state index contributed by atoms with van der Waals surface area (Å²) < 4.78 is 1.55. The molecule has 0 atom stereocenters. The minimum atomic E-state index is 0.0191. The Hall–Kier alpha value is -0.830. The maximum Gasteiger partial charge on any atom is 0.256 e. The van der Waals surface area contributed by atoms with Crippen molar-refractivity contribution < 1.29 is 0 Å². The summed E-state index contributed by atoms with van der Waals surface area (Å²) in [6.45, 7) is 3.66. The largest absolute Gasteiger partial charge is 0.300 e. The molecule has 4 heteroatoms. The zero-order valence-electron chi connectivity index (χ0n) is 8.09. The number of halogens is 1. The smallest absolute Gasteiger partial charge is 0.256 e. The molecule has 0 bridgehead atoms. The van der Waals surface area contributed by atoms with Crippen molar-refractivity contribution in [2.75, 3.05) is 5.88 Å². The number of hydrogen-bond acceptors (Lipinski definition) is 2. The predicted molar refractivity (Wildman–Crippen MR) is 53.4 cm³/mol. The van der Waals surface area contributed by atoms with Gasteiger partial charge in [-0.15, -0.1) is 11.6 Å². The predicted octanol–water partition coefficient (Wildman–Crippen LogP) is 1.18. The van der Waals surface area contributed by atoms with Gasteiger partial charge in [-0.2, -0.15) is 0 Å². The maximum atomic E-state index is 11.7. The second-order valence-corrected chi connectivity index (χ2v) is 3.40. The lowest BCUT2D eigenvalue weighted by molar-refractivity contribution is 0.743. The summed E-state index contributed by atoms with van der Waals surface area (Å²) in [6.07, 6.45) is 0.591. The Morgan fingerprint density at radius 3 is 2.62 bits per heavy atom. The van der Waals surface area contributed by atoms with Crippen molar-refractivity contribution in [2.24, 2.45) is 7.05 Å². The summed E-state index contributed by atoms with van der Waals surface area (Å²) in [7, 11) is 1.72. The van der Waals surface area contributed by atoms with Gasteiger partial charge < -0.3 is 0 Å². The van der Waals surface area contributed by atoms with Gasteiger partial charge >= 0.3 is 0 Å². The van der Waals surface area contributed by atoms with Gasteiger partial charge in [-0.25, -0.2) is 4.98 Å². The fraction of sp³-hybridized carbons (Fsp3) is 0.556. The van der Waals surface area contributed by atoms with Crippen molar-refractivity contribution in [3.05, 3.63) is 27.4 Å². The van der Waals surface area contributed by atoms with Crippen LogP contribution in [0.2, 0.25) is 0 Å². The third-order valence-electron chi connectivity index (χ3n) is 2.16. The Labute approximate surface area is 82.4 Å². The first-order valence-corrected chi connectivity index (χ1v) is 4.70. The average molecular weight is 201 g/mol. The van der Waals surface area contributed by atoms with Crippen LogP contribution in [0.1, 0.15) is 17.1 Å². The minimum Gasteiger partial charge on any atom is -0.300 e. The van der Waals surface area contributed by atoms with E-state index in [1.807, 2.05) is 13.8 Å². The van der Waals surface area contributed by atoms with Gasteiger partial charge in [-0.1, -0.05) is 0 Å². The van der Waals surface area contributed by atoms with Gasteiger partial charge in [-0.05, 0) is 20.3 Å². The van der Waals surface area contributed by atoms with Crippen LogP contribution in [0.25, 0.3) is 0 Å². The second kappa shape index (κ2) is 3.92. The molecule has 3 nitrogen and oxygen atoms in total. The van der Waals surface area contributed by atoms with Gasteiger partial charge in [-0.3, -0.25) is 9.36 Å². The molecule has 0 aliphatic carbocycles. The molecule has 0 radical (unpaired) electrons. The van der Waals surface area contributed by atoms with Crippen LogP contribution < -0.4 is 5.56 Å². The average Bonchev–Trinajstić information content (AvgIpc) is 2.09. The van der Waals surface area contributed by atoms with Crippen LogP contribution in [0.4, 0.5) is 0 Å². The quantitative estimate of drug-likeness (QED) is 0.672. The van der Waals surface area contributed by atoms with Crippen molar-refractivity contribution in [2.45, 2.75) is 20.3 Å². The molecule has 0 saturated carbocycles. The van der Waals surface area contributed by atoms with Gasteiger partial charge in [0.1, 0.15) is 5.82 Å². The minimum absolute atomic E-state index is 0.0191. The molecule has 1 aromatic rings. The highest BCUT2D eigenvalue weighted by atomic mass is 35.5. The summed E-state index contributed by atoms with van der Waals surface area (Å²) in [4.78, 5) is 15.9. The number of aryl methyl sites for hydroxylation is 2. The fourth-order valence-corrected chi connectivity index (χ4v) is 1.46. The lowest BCUT2D eigenvalue weighted by atomic mass is 10.2. The first-order chi connectivity index (χ1) is 6.07. The SMILES string of the molecule is Cc1nc(C)n(C)c(=O)c1CCCl. The highest BCUT2D eigenvalue weighted by Crippen LogP contribution is 2.02. The van der Waals surface area contributed by atoms with E-state index in [2.05, 4.69) is 4.98 Å². The van der Waals surface area contributed by atoms with E-state index in [0.29, 0.717) is 12.3 Å². The summed E-state index contributed by atoms with van der Waals surface area (Å²) >= 11 is 5.60. The molecule has 0 N–H and O–H groups in total. The number of rotatable bonds is 2. The van der Waals surface area contributed by atoms with E-state index in [-0.39, 0.29) is 5.56 Å². The van der Waals surface area contributed by atoms with Gasteiger partial charge in [0.2, 0.25) is 0 Å². The number of hydrogen-bond donors (Lipinski definition) is 0. The summed E-state index contributed by atoms with van der Waals surface area (Å²) in [5.74, 6) is 1.20. The van der Waals surface area contributed by atoms with Crippen LogP contribution in [0, 0.1) is 13.8 Å². The fourth-order valence-electron chi connectivity index (χ4n) is 1.27. The van der Waals surface area contributed by atoms with Crippen molar-refractivity contribution >= 4 is 11.6 Å². The topological polar surface area (TPSA) is 34.9 Å². The molecule has 1 rings (SSSR count). The van der Waals surface area contributed by atoms with Crippen LogP contribution >= 0.6 is 11.6 Å². The van der Waals surface area contributed by atoms with E-state index >= 15 is 0 Å². The highest BCUT2D eigenvalue weighted by molar-refractivity contribution is 6.17. The molecule has 0 saturated heterocycles. The third-order valence-corrected chi connectivity index (χ3v) is 2.35. The van der Waals surface area contributed by atoms with E-state index in [0.717, 1.165) is 17.1 Å². The Balaban J connectivity index is 3.35.